The van der Waals surface area contributed by atoms with Gasteiger partial charge in [-0.25, -0.2) is 0 Å². The molecule has 0 spiro atoms. The average Bonchev–Trinajstić information content (AvgIpc) is 2.98. The number of anilines is 2. The maximum absolute atomic E-state index is 12.6. The van der Waals surface area contributed by atoms with E-state index in [2.05, 4.69) is 5.32 Å². The van der Waals surface area contributed by atoms with Crippen molar-refractivity contribution in [3.05, 3.63) is 63.2 Å². The van der Waals surface area contributed by atoms with Gasteiger partial charge in [-0.15, -0.1) is 0 Å². The molecule has 0 radical (unpaired) electrons. The molecule has 1 aliphatic heterocycles. The highest BCUT2D eigenvalue weighted by Crippen LogP contribution is 2.32. The molecule has 1 saturated heterocycles. The highest BCUT2D eigenvalue weighted by molar-refractivity contribution is 6.33. The first-order valence-corrected chi connectivity index (χ1v) is 8.36. The average molecular weight is 374 g/mol. The number of hydrogen-bond donors (Lipinski definition) is 1. The lowest BCUT2D eigenvalue weighted by Crippen LogP contribution is -2.28. The van der Waals surface area contributed by atoms with Crippen molar-refractivity contribution in [2.24, 2.45) is 5.92 Å². The molecule has 0 bridgehead atoms. The van der Waals surface area contributed by atoms with Crippen LogP contribution in [0.2, 0.25) is 5.02 Å². The van der Waals surface area contributed by atoms with Crippen molar-refractivity contribution in [2.75, 3.05) is 16.8 Å². The molecule has 0 saturated carbocycles. The Kier molecular flexibility index (Phi) is 4.90. The van der Waals surface area contributed by atoms with Gasteiger partial charge in [-0.3, -0.25) is 19.7 Å². The third-order valence-electron chi connectivity index (χ3n) is 4.40. The molecular formula is C18H16ClN3O4. The number of para-hydroxylation sites is 1. The Hall–Kier alpha value is -2.93. The van der Waals surface area contributed by atoms with Crippen molar-refractivity contribution in [1.29, 1.82) is 0 Å². The third kappa shape index (κ3) is 3.39. The molecule has 3 rings (SSSR count). The lowest BCUT2D eigenvalue weighted by atomic mass is 10.1. The Morgan fingerprint density at radius 2 is 2.00 bits per heavy atom. The molecule has 2 amide bonds. The largest absolute Gasteiger partial charge is 0.325 e. The van der Waals surface area contributed by atoms with Gasteiger partial charge >= 0.3 is 0 Å². The summed E-state index contributed by atoms with van der Waals surface area (Å²) in [6.07, 6.45) is 0.0605. The van der Waals surface area contributed by atoms with E-state index < -0.39 is 10.8 Å². The minimum absolute atomic E-state index is 0.0605. The molecule has 26 heavy (non-hydrogen) atoms. The zero-order valence-electron chi connectivity index (χ0n) is 13.9. The number of nitrogens with zero attached hydrogens (tertiary/aromatic N) is 2. The zero-order valence-corrected chi connectivity index (χ0v) is 14.7. The number of carbonyl (C=O) groups is 2. The Morgan fingerprint density at radius 1 is 1.27 bits per heavy atom. The van der Waals surface area contributed by atoms with Crippen molar-refractivity contribution in [3.63, 3.8) is 0 Å². The Bertz CT molecular complexity index is 900. The van der Waals surface area contributed by atoms with Gasteiger partial charge in [0, 0.05) is 19.0 Å². The smallest absolute Gasteiger partial charge is 0.274 e. The van der Waals surface area contributed by atoms with Crippen LogP contribution in [0.3, 0.4) is 0 Å². The van der Waals surface area contributed by atoms with Crippen LogP contribution in [0.25, 0.3) is 0 Å². The van der Waals surface area contributed by atoms with Crippen LogP contribution in [-0.4, -0.2) is 23.3 Å². The molecule has 1 atom stereocenters. The van der Waals surface area contributed by atoms with Gasteiger partial charge in [0.1, 0.15) is 0 Å². The second-order valence-electron chi connectivity index (χ2n) is 6.05. The standard InChI is InChI=1S/C18H16ClN3O4/c1-11-14(6-4-8-15(11)22(25)26)20-18(24)12-9-17(23)21(10-12)16-7-3-2-5-13(16)19/h2-8,12H,9-10H2,1H3,(H,20,24). The number of nitrogens with one attached hydrogen (secondary N) is 1. The van der Waals surface area contributed by atoms with E-state index in [0.29, 0.717) is 22.0 Å². The van der Waals surface area contributed by atoms with Gasteiger partial charge in [0.05, 0.1) is 32.8 Å². The number of hydrogen-bond acceptors (Lipinski definition) is 4. The van der Waals surface area contributed by atoms with Gasteiger partial charge < -0.3 is 10.2 Å². The second kappa shape index (κ2) is 7.13. The maximum Gasteiger partial charge on any atom is 0.274 e. The summed E-state index contributed by atoms with van der Waals surface area (Å²) in [5.74, 6) is -1.09. The van der Waals surface area contributed by atoms with Crippen LogP contribution in [0.5, 0.6) is 0 Å². The van der Waals surface area contributed by atoms with Gasteiger partial charge in [0.25, 0.3) is 5.69 Å². The number of nitro groups is 1. The lowest BCUT2D eigenvalue weighted by molar-refractivity contribution is -0.385. The van der Waals surface area contributed by atoms with E-state index in [-0.39, 0.29) is 30.5 Å². The monoisotopic (exact) mass is 373 g/mol. The zero-order chi connectivity index (χ0) is 18.8. The van der Waals surface area contributed by atoms with E-state index in [4.69, 9.17) is 11.6 Å². The molecule has 1 unspecified atom stereocenters. The van der Waals surface area contributed by atoms with Crippen LogP contribution < -0.4 is 10.2 Å². The van der Waals surface area contributed by atoms with E-state index in [1.54, 1.807) is 37.3 Å². The molecule has 1 N–H and O–H groups in total. The fourth-order valence-electron chi connectivity index (χ4n) is 2.98. The topological polar surface area (TPSA) is 92.6 Å². The number of amides is 2. The van der Waals surface area contributed by atoms with Gasteiger partial charge in [0.2, 0.25) is 11.8 Å². The summed E-state index contributed by atoms with van der Waals surface area (Å²) in [4.78, 5) is 36.9. The molecule has 1 heterocycles. The summed E-state index contributed by atoms with van der Waals surface area (Å²) < 4.78 is 0. The minimum Gasteiger partial charge on any atom is -0.325 e. The van der Waals surface area contributed by atoms with E-state index in [1.807, 2.05) is 0 Å². The molecule has 0 aromatic heterocycles. The van der Waals surface area contributed by atoms with Crippen molar-refractivity contribution >= 4 is 40.5 Å². The number of nitro benzene ring substituents is 1. The number of benzene rings is 2. The quantitative estimate of drug-likeness (QED) is 0.655. The summed E-state index contributed by atoms with van der Waals surface area (Å²) in [5.41, 5.74) is 1.25. The fourth-order valence-corrected chi connectivity index (χ4v) is 3.22. The molecule has 1 fully saturated rings. The summed E-state index contributed by atoms with van der Waals surface area (Å²) in [6, 6.07) is 11.4. The normalized spacial score (nSPS) is 16.6. The Balaban J connectivity index is 1.76. The molecule has 2 aromatic carbocycles. The second-order valence-corrected chi connectivity index (χ2v) is 6.46. The van der Waals surface area contributed by atoms with Crippen molar-refractivity contribution in [1.82, 2.24) is 0 Å². The first-order valence-electron chi connectivity index (χ1n) is 7.98. The van der Waals surface area contributed by atoms with Crippen LogP contribution in [0.4, 0.5) is 17.1 Å². The highest BCUT2D eigenvalue weighted by Gasteiger charge is 2.36. The van der Waals surface area contributed by atoms with Gasteiger partial charge in [-0.2, -0.15) is 0 Å². The van der Waals surface area contributed by atoms with Gasteiger partial charge in [-0.1, -0.05) is 29.8 Å². The molecule has 0 aliphatic carbocycles. The summed E-state index contributed by atoms with van der Waals surface area (Å²) in [5, 5.41) is 14.2. The molecule has 134 valence electrons. The van der Waals surface area contributed by atoms with Crippen LogP contribution in [0.1, 0.15) is 12.0 Å². The first kappa shape index (κ1) is 17.9. The number of carbonyl (C=O) groups excluding carboxylic acids is 2. The third-order valence-corrected chi connectivity index (χ3v) is 4.72. The Labute approximate surface area is 154 Å². The van der Waals surface area contributed by atoms with E-state index >= 15 is 0 Å². The predicted molar refractivity (Wildman–Crippen MR) is 98.4 cm³/mol. The SMILES string of the molecule is Cc1c(NC(=O)C2CC(=O)N(c3ccccc3Cl)C2)cccc1[N+](=O)[O-]. The van der Waals surface area contributed by atoms with Crippen LogP contribution in [0.15, 0.2) is 42.5 Å². The summed E-state index contributed by atoms with van der Waals surface area (Å²) in [7, 11) is 0. The summed E-state index contributed by atoms with van der Waals surface area (Å²) >= 11 is 6.14. The molecule has 2 aromatic rings. The van der Waals surface area contributed by atoms with Gasteiger partial charge in [0.15, 0.2) is 0 Å². The lowest BCUT2D eigenvalue weighted by Gasteiger charge is -2.18. The van der Waals surface area contributed by atoms with Crippen LogP contribution in [-0.2, 0) is 9.59 Å². The predicted octanol–water partition coefficient (Wildman–Crippen LogP) is 3.55. The van der Waals surface area contributed by atoms with E-state index in [0.717, 1.165) is 0 Å². The minimum atomic E-state index is -0.558. The van der Waals surface area contributed by atoms with Gasteiger partial charge in [-0.05, 0) is 25.1 Å². The first-order chi connectivity index (χ1) is 12.4. The number of halogens is 1. The van der Waals surface area contributed by atoms with Crippen LogP contribution >= 0.6 is 11.6 Å². The molecule has 7 nitrogen and oxygen atoms in total. The maximum atomic E-state index is 12.6. The van der Waals surface area contributed by atoms with E-state index in [1.165, 1.54) is 17.0 Å². The van der Waals surface area contributed by atoms with E-state index in [9.17, 15) is 19.7 Å². The summed E-state index contributed by atoms with van der Waals surface area (Å²) in [6.45, 7) is 1.78. The van der Waals surface area contributed by atoms with Crippen molar-refractivity contribution in [2.45, 2.75) is 13.3 Å². The van der Waals surface area contributed by atoms with Crippen LogP contribution in [0, 0.1) is 23.0 Å². The van der Waals surface area contributed by atoms with Crippen molar-refractivity contribution in [3.8, 4) is 0 Å². The van der Waals surface area contributed by atoms with Crippen molar-refractivity contribution < 1.29 is 14.5 Å². The molecular weight excluding hydrogens is 358 g/mol. The molecule has 1 aliphatic rings. The highest BCUT2D eigenvalue weighted by atomic mass is 35.5. The Morgan fingerprint density at radius 3 is 2.69 bits per heavy atom. The molecule has 8 heteroatoms. The number of rotatable bonds is 4. The fraction of sp³-hybridized carbons (Fsp3) is 0.222.